The Bertz CT molecular complexity index is 1190. The van der Waals surface area contributed by atoms with Crippen LogP contribution in [0.5, 0.6) is 0 Å². The van der Waals surface area contributed by atoms with Gasteiger partial charge < -0.3 is 0 Å². The minimum absolute atomic E-state index is 0.183. The van der Waals surface area contributed by atoms with E-state index in [0.717, 1.165) is 11.1 Å². The standard InChI is InChI=1S/C18H11Cl2N3OS/c1-10-4-2-5-11(8-10)16-21-22-18-23(16)17(24)15(25-18)9-12-13(19)6-3-7-14(12)20/h2-9H,1H3/b15-9-. The fraction of sp³-hybridized carbons (Fsp3) is 0.0556. The SMILES string of the molecule is Cc1cccc(-c2nnc3s/c(=C\c4c(Cl)cccc4Cl)c(=O)n23)c1. The Balaban J connectivity index is 1.96. The van der Waals surface area contributed by atoms with E-state index < -0.39 is 0 Å². The predicted molar refractivity (Wildman–Crippen MR) is 103 cm³/mol. The minimum Gasteiger partial charge on any atom is -0.267 e. The number of fused-ring (bicyclic) bond motifs is 1. The molecule has 0 atom stereocenters. The van der Waals surface area contributed by atoms with Crippen LogP contribution in [0.15, 0.2) is 47.3 Å². The number of thiazole rings is 1. The third-order valence-electron chi connectivity index (χ3n) is 3.80. The second-order valence-corrected chi connectivity index (χ2v) is 7.39. The fourth-order valence-corrected chi connectivity index (χ4v) is 4.01. The Morgan fingerprint density at radius 1 is 1.08 bits per heavy atom. The molecule has 2 aromatic heterocycles. The first kappa shape index (κ1) is 16.3. The molecular formula is C18H11Cl2N3OS. The smallest absolute Gasteiger partial charge is 0.267 e. The number of aromatic nitrogens is 3. The summed E-state index contributed by atoms with van der Waals surface area (Å²) < 4.78 is 2.03. The number of aryl methyl sites for hydroxylation is 1. The summed E-state index contributed by atoms with van der Waals surface area (Å²) in [6.45, 7) is 1.99. The Labute approximate surface area is 157 Å². The number of hydrogen-bond acceptors (Lipinski definition) is 4. The van der Waals surface area contributed by atoms with Gasteiger partial charge in [0.1, 0.15) is 0 Å². The van der Waals surface area contributed by atoms with E-state index in [1.165, 1.54) is 15.7 Å². The van der Waals surface area contributed by atoms with Crippen molar-refractivity contribution < 1.29 is 0 Å². The quantitative estimate of drug-likeness (QED) is 0.522. The van der Waals surface area contributed by atoms with Crippen molar-refractivity contribution in [2.75, 3.05) is 0 Å². The third-order valence-corrected chi connectivity index (χ3v) is 5.42. The van der Waals surface area contributed by atoms with Crippen molar-refractivity contribution in [3.63, 3.8) is 0 Å². The second-order valence-electron chi connectivity index (χ2n) is 5.56. The summed E-state index contributed by atoms with van der Waals surface area (Å²) in [6.07, 6.45) is 1.70. The molecule has 0 saturated carbocycles. The van der Waals surface area contributed by atoms with Crippen LogP contribution in [-0.2, 0) is 0 Å². The Morgan fingerprint density at radius 2 is 1.80 bits per heavy atom. The van der Waals surface area contributed by atoms with Crippen molar-refractivity contribution in [1.29, 1.82) is 0 Å². The maximum atomic E-state index is 12.9. The lowest BCUT2D eigenvalue weighted by atomic mass is 10.1. The van der Waals surface area contributed by atoms with Crippen molar-refractivity contribution in [3.8, 4) is 11.4 Å². The van der Waals surface area contributed by atoms with Gasteiger partial charge in [0, 0.05) is 21.2 Å². The molecule has 0 fully saturated rings. The zero-order chi connectivity index (χ0) is 17.6. The molecule has 0 aliphatic carbocycles. The van der Waals surface area contributed by atoms with Crippen LogP contribution in [0, 0.1) is 6.92 Å². The van der Waals surface area contributed by atoms with Gasteiger partial charge in [0.2, 0.25) is 4.96 Å². The van der Waals surface area contributed by atoms with Crippen molar-refractivity contribution in [2.45, 2.75) is 6.92 Å². The highest BCUT2D eigenvalue weighted by Crippen LogP contribution is 2.25. The van der Waals surface area contributed by atoms with Gasteiger partial charge in [0.25, 0.3) is 5.56 Å². The van der Waals surface area contributed by atoms with E-state index in [-0.39, 0.29) is 5.56 Å². The average Bonchev–Trinajstić information content (AvgIpc) is 3.12. The molecule has 0 aliphatic heterocycles. The molecule has 0 amide bonds. The Morgan fingerprint density at radius 3 is 2.52 bits per heavy atom. The lowest BCUT2D eigenvalue weighted by Crippen LogP contribution is -2.23. The monoisotopic (exact) mass is 387 g/mol. The van der Waals surface area contributed by atoms with Crippen LogP contribution in [-0.4, -0.2) is 14.6 Å². The van der Waals surface area contributed by atoms with Crippen LogP contribution in [0.3, 0.4) is 0 Å². The average molecular weight is 388 g/mol. The van der Waals surface area contributed by atoms with E-state index in [0.29, 0.717) is 30.9 Å². The molecule has 0 aliphatic rings. The molecule has 0 unspecified atom stereocenters. The van der Waals surface area contributed by atoms with Gasteiger partial charge in [0.05, 0.1) is 4.53 Å². The molecule has 0 radical (unpaired) electrons. The number of benzene rings is 2. The number of halogens is 2. The van der Waals surface area contributed by atoms with Crippen molar-refractivity contribution in [1.82, 2.24) is 14.6 Å². The van der Waals surface area contributed by atoms with Gasteiger partial charge in [0.15, 0.2) is 5.82 Å². The molecule has 4 aromatic rings. The summed E-state index contributed by atoms with van der Waals surface area (Å²) >= 11 is 13.7. The molecule has 7 heteroatoms. The second kappa shape index (κ2) is 6.26. The summed E-state index contributed by atoms with van der Waals surface area (Å²) in [5.74, 6) is 0.532. The molecule has 0 saturated heterocycles. The lowest BCUT2D eigenvalue weighted by Gasteiger charge is -1.99. The van der Waals surface area contributed by atoms with Crippen molar-refractivity contribution in [2.24, 2.45) is 0 Å². The van der Waals surface area contributed by atoms with Gasteiger partial charge in [-0.1, -0.05) is 64.4 Å². The highest BCUT2D eigenvalue weighted by atomic mass is 35.5. The van der Waals surface area contributed by atoms with Crippen LogP contribution < -0.4 is 10.1 Å². The zero-order valence-electron chi connectivity index (χ0n) is 13.0. The summed E-state index contributed by atoms with van der Waals surface area (Å²) in [5, 5.41) is 9.30. The van der Waals surface area contributed by atoms with Crippen LogP contribution in [0.4, 0.5) is 0 Å². The minimum atomic E-state index is -0.183. The van der Waals surface area contributed by atoms with Crippen LogP contribution >= 0.6 is 34.5 Å². The highest BCUT2D eigenvalue weighted by Gasteiger charge is 2.14. The van der Waals surface area contributed by atoms with Gasteiger partial charge in [-0.25, -0.2) is 4.40 Å². The van der Waals surface area contributed by atoms with Crippen LogP contribution in [0.1, 0.15) is 11.1 Å². The van der Waals surface area contributed by atoms with Gasteiger partial charge >= 0.3 is 0 Å². The van der Waals surface area contributed by atoms with Gasteiger partial charge in [-0.05, 0) is 31.2 Å². The van der Waals surface area contributed by atoms with Crippen LogP contribution in [0.2, 0.25) is 10.0 Å². The molecule has 0 N–H and O–H groups in total. The lowest BCUT2D eigenvalue weighted by molar-refractivity contribution is 1.09. The van der Waals surface area contributed by atoms with Crippen LogP contribution in [0.25, 0.3) is 22.4 Å². The molecule has 0 spiro atoms. The van der Waals surface area contributed by atoms with Crippen molar-refractivity contribution >= 4 is 45.6 Å². The topological polar surface area (TPSA) is 47.3 Å². The molecule has 2 aromatic carbocycles. The first-order valence-corrected chi connectivity index (χ1v) is 9.02. The largest absolute Gasteiger partial charge is 0.276 e. The van der Waals surface area contributed by atoms with E-state index in [9.17, 15) is 4.79 Å². The molecular weight excluding hydrogens is 377 g/mol. The first-order chi connectivity index (χ1) is 12.0. The van der Waals surface area contributed by atoms with E-state index in [4.69, 9.17) is 23.2 Å². The molecule has 0 bridgehead atoms. The molecule has 25 heavy (non-hydrogen) atoms. The third kappa shape index (κ3) is 2.84. The molecule has 2 heterocycles. The van der Waals surface area contributed by atoms with E-state index in [2.05, 4.69) is 10.2 Å². The summed E-state index contributed by atoms with van der Waals surface area (Å²) in [6, 6.07) is 13.0. The van der Waals surface area contributed by atoms with E-state index in [1.54, 1.807) is 24.3 Å². The Kier molecular flexibility index (Phi) is 4.07. The maximum Gasteiger partial charge on any atom is 0.276 e. The summed E-state index contributed by atoms with van der Waals surface area (Å²) in [7, 11) is 0. The van der Waals surface area contributed by atoms with Gasteiger partial charge in [-0.3, -0.25) is 4.79 Å². The molecule has 4 rings (SSSR count). The normalized spacial score (nSPS) is 12.2. The fourth-order valence-electron chi connectivity index (χ4n) is 2.61. The maximum absolute atomic E-state index is 12.9. The van der Waals surface area contributed by atoms with Gasteiger partial charge in [-0.2, -0.15) is 0 Å². The molecule has 4 nitrogen and oxygen atoms in total. The molecule has 124 valence electrons. The van der Waals surface area contributed by atoms with E-state index >= 15 is 0 Å². The Hall–Kier alpha value is -2.21. The first-order valence-electron chi connectivity index (χ1n) is 7.45. The van der Waals surface area contributed by atoms with Gasteiger partial charge in [-0.15, -0.1) is 10.2 Å². The number of hydrogen-bond donors (Lipinski definition) is 0. The number of nitrogens with zero attached hydrogens (tertiary/aromatic N) is 3. The van der Waals surface area contributed by atoms with Crippen molar-refractivity contribution in [3.05, 3.63) is 78.5 Å². The highest BCUT2D eigenvalue weighted by molar-refractivity contribution is 7.15. The van der Waals surface area contributed by atoms with E-state index in [1.807, 2.05) is 31.2 Å². The number of rotatable bonds is 2. The zero-order valence-corrected chi connectivity index (χ0v) is 15.4. The predicted octanol–water partition coefficient (Wildman–Crippen LogP) is 3.98. The summed E-state index contributed by atoms with van der Waals surface area (Å²) in [5.41, 5.74) is 2.38. The summed E-state index contributed by atoms with van der Waals surface area (Å²) in [4.78, 5) is 13.4.